The Morgan fingerprint density at radius 2 is 2.20 bits per heavy atom. The number of rotatable bonds is 2. The van der Waals surface area contributed by atoms with Gasteiger partial charge in [-0.15, -0.1) is 0 Å². The normalized spacial score (nSPS) is 27.5. The largest absolute Gasteiger partial charge is 0.466 e. The summed E-state index contributed by atoms with van der Waals surface area (Å²) in [5.74, 6) is -2.03. The Labute approximate surface area is 85.5 Å². The smallest absolute Gasteiger partial charge is 0.415 e. The molecule has 0 spiro atoms. The van der Waals surface area contributed by atoms with Gasteiger partial charge in [-0.3, -0.25) is 4.79 Å². The minimum atomic E-state index is -4.50. The zero-order chi connectivity index (χ0) is 11.5. The van der Waals surface area contributed by atoms with Crippen LogP contribution in [0.1, 0.15) is 19.8 Å². The molecule has 2 unspecified atom stereocenters. The number of alkyl halides is 3. The van der Waals surface area contributed by atoms with Gasteiger partial charge >= 0.3 is 12.1 Å². The molecule has 3 nitrogen and oxygen atoms in total. The maximum absolute atomic E-state index is 12.5. The van der Waals surface area contributed by atoms with Crippen molar-refractivity contribution in [3.63, 3.8) is 0 Å². The topological polar surface area (TPSA) is 35.5 Å². The second-order valence-corrected chi connectivity index (χ2v) is 3.33. The summed E-state index contributed by atoms with van der Waals surface area (Å²) in [6.07, 6.45) is -5.89. The molecule has 0 radical (unpaired) electrons. The second kappa shape index (κ2) is 4.83. The lowest BCUT2D eigenvalue weighted by atomic mass is 9.94. The number of esters is 1. The second-order valence-electron chi connectivity index (χ2n) is 3.33. The van der Waals surface area contributed by atoms with Crippen LogP contribution in [0.3, 0.4) is 0 Å². The summed E-state index contributed by atoms with van der Waals surface area (Å²) < 4.78 is 46.6. The molecule has 88 valence electrons. The molecule has 2 atom stereocenters. The van der Waals surface area contributed by atoms with E-state index in [-0.39, 0.29) is 19.6 Å². The molecule has 6 heteroatoms. The van der Waals surface area contributed by atoms with E-state index in [9.17, 15) is 18.0 Å². The minimum absolute atomic E-state index is 0.0417. The third-order valence-electron chi connectivity index (χ3n) is 2.23. The summed E-state index contributed by atoms with van der Waals surface area (Å²) in [6, 6.07) is 0. The quantitative estimate of drug-likeness (QED) is 0.675. The van der Waals surface area contributed by atoms with E-state index in [4.69, 9.17) is 0 Å². The number of hydrogen-bond acceptors (Lipinski definition) is 3. The third kappa shape index (κ3) is 3.09. The summed E-state index contributed by atoms with van der Waals surface area (Å²) >= 11 is 0. The summed E-state index contributed by atoms with van der Waals surface area (Å²) in [4.78, 5) is 11.3. The van der Waals surface area contributed by atoms with Crippen LogP contribution in [-0.4, -0.2) is 31.5 Å². The number of carbonyl (C=O) groups is 1. The van der Waals surface area contributed by atoms with Crippen LogP contribution in [0, 0.1) is 5.92 Å². The lowest BCUT2D eigenvalue weighted by Crippen LogP contribution is -2.45. The molecule has 0 aromatic carbocycles. The Balaban J connectivity index is 2.70. The molecular formula is C9H13F3O3. The number of halogens is 3. The zero-order valence-electron chi connectivity index (χ0n) is 8.34. The van der Waals surface area contributed by atoms with Crippen molar-refractivity contribution in [3.05, 3.63) is 0 Å². The molecule has 0 aromatic rings. The van der Waals surface area contributed by atoms with Gasteiger partial charge in [-0.05, 0) is 19.8 Å². The van der Waals surface area contributed by atoms with Crippen LogP contribution in [0.15, 0.2) is 0 Å². The molecule has 1 fully saturated rings. The monoisotopic (exact) mass is 226 g/mol. The maximum Gasteiger partial charge on any atom is 0.415 e. The summed E-state index contributed by atoms with van der Waals surface area (Å²) in [5.41, 5.74) is 0. The van der Waals surface area contributed by atoms with Crippen LogP contribution in [-0.2, 0) is 14.3 Å². The standard InChI is InChI=1S/C9H13F3O3/c1-2-14-8(13)6-4-3-5-15-7(6)9(10,11)12/h6-7H,2-5H2,1H3. The molecule has 1 aliphatic rings. The molecule has 15 heavy (non-hydrogen) atoms. The highest BCUT2D eigenvalue weighted by Crippen LogP contribution is 2.34. The van der Waals surface area contributed by atoms with Crippen molar-refractivity contribution < 1.29 is 27.4 Å². The summed E-state index contributed by atoms with van der Waals surface area (Å²) in [5, 5.41) is 0. The van der Waals surface area contributed by atoms with Crippen molar-refractivity contribution in [2.45, 2.75) is 32.0 Å². The van der Waals surface area contributed by atoms with Crippen molar-refractivity contribution in [3.8, 4) is 0 Å². The average molecular weight is 226 g/mol. The molecule has 0 bridgehead atoms. The van der Waals surface area contributed by atoms with Gasteiger partial charge < -0.3 is 9.47 Å². The fraction of sp³-hybridized carbons (Fsp3) is 0.889. The van der Waals surface area contributed by atoms with E-state index >= 15 is 0 Å². The Kier molecular flexibility index (Phi) is 3.96. The first-order valence-electron chi connectivity index (χ1n) is 4.81. The van der Waals surface area contributed by atoms with Gasteiger partial charge in [0.2, 0.25) is 0 Å². The van der Waals surface area contributed by atoms with E-state index in [1.165, 1.54) is 0 Å². The van der Waals surface area contributed by atoms with Crippen LogP contribution >= 0.6 is 0 Å². The molecule has 1 aliphatic heterocycles. The first-order chi connectivity index (χ1) is 6.96. The number of ether oxygens (including phenoxy) is 2. The van der Waals surface area contributed by atoms with Gasteiger partial charge in [-0.25, -0.2) is 0 Å². The molecule has 0 aromatic heterocycles. The van der Waals surface area contributed by atoms with Crippen molar-refractivity contribution in [1.29, 1.82) is 0 Å². The first-order valence-corrected chi connectivity index (χ1v) is 4.81. The van der Waals surface area contributed by atoms with Gasteiger partial charge in [-0.1, -0.05) is 0 Å². The average Bonchev–Trinajstić information content (AvgIpc) is 2.17. The van der Waals surface area contributed by atoms with Crippen LogP contribution in [0.5, 0.6) is 0 Å². The molecule has 1 heterocycles. The first kappa shape index (κ1) is 12.3. The Morgan fingerprint density at radius 1 is 1.53 bits per heavy atom. The van der Waals surface area contributed by atoms with Crippen molar-refractivity contribution >= 4 is 5.97 Å². The van der Waals surface area contributed by atoms with E-state index in [1.54, 1.807) is 6.92 Å². The molecule has 0 N–H and O–H groups in total. The predicted molar refractivity (Wildman–Crippen MR) is 45.2 cm³/mol. The highest BCUT2D eigenvalue weighted by Gasteiger charge is 2.50. The highest BCUT2D eigenvalue weighted by atomic mass is 19.4. The van der Waals surface area contributed by atoms with Crippen LogP contribution < -0.4 is 0 Å². The lowest BCUT2D eigenvalue weighted by molar-refractivity contribution is -0.248. The summed E-state index contributed by atoms with van der Waals surface area (Å²) in [6.45, 7) is 1.68. The van der Waals surface area contributed by atoms with Crippen LogP contribution in [0.2, 0.25) is 0 Å². The van der Waals surface area contributed by atoms with E-state index < -0.39 is 24.2 Å². The van der Waals surface area contributed by atoms with Crippen molar-refractivity contribution in [2.75, 3.05) is 13.2 Å². The maximum atomic E-state index is 12.5. The van der Waals surface area contributed by atoms with Crippen LogP contribution in [0.25, 0.3) is 0 Å². The Hall–Kier alpha value is -0.780. The Bertz CT molecular complexity index is 227. The number of hydrogen-bond donors (Lipinski definition) is 0. The van der Waals surface area contributed by atoms with E-state index in [2.05, 4.69) is 9.47 Å². The van der Waals surface area contributed by atoms with Crippen molar-refractivity contribution in [1.82, 2.24) is 0 Å². The SMILES string of the molecule is CCOC(=O)C1CCCOC1C(F)(F)F. The molecular weight excluding hydrogens is 213 g/mol. The zero-order valence-corrected chi connectivity index (χ0v) is 8.34. The highest BCUT2D eigenvalue weighted by molar-refractivity contribution is 5.73. The van der Waals surface area contributed by atoms with E-state index in [0.717, 1.165) is 0 Å². The Morgan fingerprint density at radius 3 is 2.73 bits per heavy atom. The lowest BCUT2D eigenvalue weighted by Gasteiger charge is -2.31. The van der Waals surface area contributed by atoms with Gasteiger partial charge in [0, 0.05) is 6.61 Å². The minimum Gasteiger partial charge on any atom is -0.466 e. The van der Waals surface area contributed by atoms with Gasteiger partial charge in [0.05, 0.1) is 12.5 Å². The van der Waals surface area contributed by atoms with E-state index in [0.29, 0.717) is 6.42 Å². The van der Waals surface area contributed by atoms with E-state index in [1.807, 2.05) is 0 Å². The third-order valence-corrected chi connectivity index (χ3v) is 2.23. The van der Waals surface area contributed by atoms with Gasteiger partial charge in [0.25, 0.3) is 0 Å². The van der Waals surface area contributed by atoms with Gasteiger partial charge in [0.1, 0.15) is 0 Å². The fourth-order valence-corrected chi connectivity index (χ4v) is 1.59. The van der Waals surface area contributed by atoms with Crippen LogP contribution in [0.4, 0.5) is 13.2 Å². The molecule has 1 saturated heterocycles. The summed E-state index contributed by atoms with van der Waals surface area (Å²) in [7, 11) is 0. The predicted octanol–water partition coefficient (Wildman–Crippen LogP) is 1.91. The van der Waals surface area contributed by atoms with Crippen molar-refractivity contribution in [2.24, 2.45) is 5.92 Å². The molecule has 0 aliphatic carbocycles. The fourth-order valence-electron chi connectivity index (χ4n) is 1.59. The van der Waals surface area contributed by atoms with Gasteiger partial charge in [-0.2, -0.15) is 13.2 Å². The molecule has 1 rings (SSSR count). The van der Waals surface area contributed by atoms with Gasteiger partial charge in [0.15, 0.2) is 6.10 Å². The number of carbonyl (C=O) groups excluding carboxylic acids is 1. The molecule has 0 saturated carbocycles. The molecule has 0 amide bonds.